The molecule has 0 atom stereocenters. The monoisotopic (exact) mass is 425 g/mol. The average Bonchev–Trinajstić information content (AvgIpc) is 2.81. The molecule has 31 heavy (non-hydrogen) atoms. The van der Waals surface area contributed by atoms with Gasteiger partial charge < -0.3 is 19.9 Å². The van der Waals surface area contributed by atoms with Crippen LogP contribution in [0.2, 0.25) is 0 Å². The number of piperidine rings is 1. The molecule has 2 aromatic rings. The number of likely N-dealkylation sites (tertiary alicyclic amines) is 1. The summed E-state index contributed by atoms with van der Waals surface area (Å²) in [6.07, 6.45) is 2.73. The fourth-order valence-electron chi connectivity index (χ4n) is 4.16. The molecular formula is C24H28FN3O3. The van der Waals surface area contributed by atoms with Gasteiger partial charge in [-0.1, -0.05) is 24.3 Å². The van der Waals surface area contributed by atoms with Gasteiger partial charge in [-0.3, -0.25) is 4.79 Å². The standard InChI is InChI=1S/C24H28FN3O3/c25-21-3-1-2-4-22(21)26-24(30)28-11-9-19(10-12-28)17-18-5-7-20(8-6-18)23(29)27-13-15-31-16-14-27/h1-8,19H,9-17H2,(H,26,30). The first-order chi connectivity index (χ1) is 15.1. The van der Waals surface area contributed by atoms with E-state index in [0.717, 1.165) is 19.3 Å². The van der Waals surface area contributed by atoms with Crippen LogP contribution in [0.1, 0.15) is 28.8 Å². The molecule has 2 aliphatic heterocycles. The van der Waals surface area contributed by atoms with Crippen molar-refractivity contribution in [1.29, 1.82) is 0 Å². The third-order valence-corrected chi connectivity index (χ3v) is 6.04. The quantitative estimate of drug-likeness (QED) is 0.811. The van der Waals surface area contributed by atoms with Crippen LogP contribution in [0.3, 0.4) is 0 Å². The van der Waals surface area contributed by atoms with Crippen LogP contribution in [0, 0.1) is 11.7 Å². The molecular weight excluding hydrogens is 397 g/mol. The number of ether oxygens (including phenoxy) is 1. The van der Waals surface area contributed by atoms with Gasteiger partial charge in [-0.15, -0.1) is 0 Å². The van der Waals surface area contributed by atoms with Crippen LogP contribution in [0.5, 0.6) is 0 Å². The Bertz CT molecular complexity index is 905. The SMILES string of the molecule is O=C(Nc1ccccc1F)N1CCC(Cc2ccc(C(=O)N3CCOCC3)cc2)CC1. The summed E-state index contributed by atoms with van der Waals surface area (Å²) in [7, 11) is 0. The zero-order valence-corrected chi connectivity index (χ0v) is 17.6. The fraction of sp³-hybridized carbons (Fsp3) is 0.417. The number of halogens is 1. The Hall–Kier alpha value is -2.93. The maximum Gasteiger partial charge on any atom is 0.321 e. The van der Waals surface area contributed by atoms with E-state index in [2.05, 4.69) is 5.32 Å². The third-order valence-electron chi connectivity index (χ3n) is 6.04. The van der Waals surface area contributed by atoms with Gasteiger partial charge in [-0.2, -0.15) is 0 Å². The number of rotatable bonds is 4. The van der Waals surface area contributed by atoms with E-state index in [1.807, 2.05) is 29.2 Å². The van der Waals surface area contributed by atoms with Crippen molar-refractivity contribution in [3.05, 3.63) is 65.5 Å². The smallest absolute Gasteiger partial charge is 0.321 e. The van der Waals surface area contributed by atoms with Crippen molar-refractivity contribution in [3.8, 4) is 0 Å². The predicted molar refractivity (Wildman–Crippen MR) is 117 cm³/mol. The van der Waals surface area contributed by atoms with E-state index in [0.29, 0.717) is 50.9 Å². The lowest BCUT2D eigenvalue weighted by atomic mass is 9.90. The zero-order valence-electron chi connectivity index (χ0n) is 17.6. The van der Waals surface area contributed by atoms with Gasteiger partial charge in [0.2, 0.25) is 0 Å². The Morgan fingerprint density at radius 1 is 0.935 bits per heavy atom. The van der Waals surface area contributed by atoms with Crippen molar-refractivity contribution in [2.75, 3.05) is 44.7 Å². The molecule has 0 aromatic heterocycles. The highest BCUT2D eigenvalue weighted by molar-refractivity contribution is 5.94. The van der Waals surface area contributed by atoms with Crippen LogP contribution in [-0.2, 0) is 11.2 Å². The maximum absolute atomic E-state index is 13.7. The van der Waals surface area contributed by atoms with Gasteiger partial charge in [-0.25, -0.2) is 9.18 Å². The van der Waals surface area contributed by atoms with Crippen LogP contribution < -0.4 is 5.32 Å². The van der Waals surface area contributed by atoms with Crippen molar-refractivity contribution >= 4 is 17.6 Å². The van der Waals surface area contributed by atoms with E-state index in [4.69, 9.17) is 4.74 Å². The lowest BCUT2D eigenvalue weighted by Crippen LogP contribution is -2.41. The molecule has 2 fully saturated rings. The zero-order chi connectivity index (χ0) is 21.6. The molecule has 2 aliphatic rings. The van der Waals surface area contributed by atoms with Gasteiger partial charge in [0, 0.05) is 31.7 Å². The van der Waals surface area contributed by atoms with E-state index in [1.54, 1.807) is 23.1 Å². The molecule has 4 rings (SSSR count). The molecule has 6 nitrogen and oxygen atoms in total. The molecule has 0 radical (unpaired) electrons. The molecule has 164 valence electrons. The summed E-state index contributed by atoms with van der Waals surface area (Å²) >= 11 is 0. The number of anilines is 1. The van der Waals surface area contributed by atoms with Gasteiger partial charge in [0.15, 0.2) is 0 Å². The first-order valence-electron chi connectivity index (χ1n) is 10.9. The van der Waals surface area contributed by atoms with E-state index < -0.39 is 5.82 Å². The summed E-state index contributed by atoms with van der Waals surface area (Å²) in [4.78, 5) is 28.6. The van der Waals surface area contributed by atoms with Gasteiger partial charge in [0.05, 0.1) is 18.9 Å². The van der Waals surface area contributed by atoms with E-state index in [1.165, 1.54) is 11.6 Å². The number of hydrogen-bond acceptors (Lipinski definition) is 3. The first-order valence-corrected chi connectivity index (χ1v) is 10.9. The number of urea groups is 1. The molecule has 3 amide bonds. The van der Waals surface area contributed by atoms with E-state index in [9.17, 15) is 14.0 Å². The van der Waals surface area contributed by atoms with E-state index in [-0.39, 0.29) is 17.6 Å². The summed E-state index contributed by atoms with van der Waals surface area (Å²) < 4.78 is 19.1. The van der Waals surface area contributed by atoms with Crippen molar-refractivity contribution in [3.63, 3.8) is 0 Å². The number of nitrogens with zero attached hydrogens (tertiary/aromatic N) is 2. The molecule has 0 spiro atoms. The van der Waals surface area contributed by atoms with Gasteiger partial charge >= 0.3 is 6.03 Å². The third kappa shape index (κ3) is 5.41. The topological polar surface area (TPSA) is 61.9 Å². The summed E-state index contributed by atoms with van der Waals surface area (Å²) in [6.45, 7) is 3.78. The molecule has 0 unspecified atom stereocenters. The van der Waals surface area contributed by atoms with Crippen molar-refractivity contribution < 1.29 is 18.7 Å². The van der Waals surface area contributed by atoms with Crippen LogP contribution in [0.4, 0.5) is 14.9 Å². The minimum Gasteiger partial charge on any atom is -0.378 e. The van der Waals surface area contributed by atoms with Crippen LogP contribution in [0.15, 0.2) is 48.5 Å². The molecule has 2 aromatic carbocycles. The Balaban J connectivity index is 1.25. The summed E-state index contributed by atoms with van der Waals surface area (Å²) in [6, 6.07) is 13.8. The summed E-state index contributed by atoms with van der Waals surface area (Å²) in [5.74, 6) is 0.114. The summed E-state index contributed by atoms with van der Waals surface area (Å²) in [5, 5.41) is 2.66. The van der Waals surface area contributed by atoms with Crippen molar-refractivity contribution in [2.24, 2.45) is 5.92 Å². The van der Waals surface area contributed by atoms with Crippen molar-refractivity contribution in [1.82, 2.24) is 9.80 Å². The number of amides is 3. The number of para-hydroxylation sites is 1. The van der Waals surface area contributed by atoms with Gasteiger partial charge in [0.1, 0.15) is 5.82 Å². The number of benzene rings is 2. The molecule has 7 heteroatoms. The molecule has 1 N–H and O–H groups in total. The molecule has 0 bridgehead atoms. The Morgan fingerprint density at radius 2 is 1.61 bits per heavy atom. The molecule has 0 saturated carbocycles. The second kappa shape index (κ2) is 9.92. The summed E-state index contributed by atoms with van der Waals surface area (Å²) in [5.41, 5.74) is 2.12. The first kappa shape index (κ1) is 21.3. The Labute approximate surface area is 182 Å². The number of nitrogens with one attached hydrogen (secondary N) is 1. The predicted octanol–water partition coefficient (Wildman–Crippen LogP) is 3.78. The minimum absolute atomic E-state index is 0.0593. The highest BCUT2D eigenvalue weighted by Crippen LogP contribution is 2.23. The second-order valence-corrected chi connectivity index (χ2v) is 8.15. The average molecular weight is 426 g/mol. The minimum atomic E-state index is -0.429. The largest absolute Gasteiger partial charge is 0.378 e. The Kier molecular flexibility index (Phi) is 6.82. The lowest BCUT2D eigenvalue weighted by Gasteiger charge is -2.32. The second-order valence-electron chi connectivity index (χ2n) is 8.15. The number of hydrogen-bond donors (Lipinski definition) is 1. The van der Waals surface area contributed by atoms with Gasteiger partial charge in [0.25, 0.3) is 5.91 Å². The number of morpholine rings is 1. The molecule has 2 saturated heterocycles. The highest BCUT2D eigenvalue weighted by atomic mass is 19.1. The van der Waals surface area contributed by atoms with Crippen LogP contribution in [-0.4, -0.2) is 61.1 Å². The lowest BCUT2D eigenvalue weighted by molar-refractivity contribution is 0.0303. The van der Waals surface area contributed by atoms with E-state index >= 15 is 0 Å². The normalized spacial score (nSPS) is 17.5. The maximum atomic E-state index is 13.7. The Morgan fingerprint density at radius 3 is 2.29 bits per heavy atom. The highest BCUT2D eigenvalue weighted by Gasteiger charge is 2.24. The number of carbonyl (C=O) groups excluding carboxylic acids is 2. The molecule has 0 aliphatic carbocycles. The number of carbonyl (C=O) groups is 2. The van der Waals surface area contributed by atoms with Crippen LogP contribution >= 0.6 is 0 Å². The van der Waals surface area contributed by atoms with Gasteiger partial charge in [-0.05, 0) is 55.0 Å². The molecule has 2 heterocycles. The van der Waals surface area contributed by atoms with Crippen molar-refractivity contribution in [2.45, 2.75) is 19.3 Å². The fourth-order valence-corrected chi connectivity index (χ4v) is 4.16. The van der Waals surface area contributed by atoms with Crippen LogP contribution in [0.25, 0.3) is 0 Å².